The first-order valence-electron chi connectivity index (χ1n) is 5.11. The van der Waals surface area contributed by atoms with Crippen molar-refractivity contribution >= 4 is 27.9 Å². The molecule has 0 saturated carbocycles. The molecule has 0 unspecified atom stereocenters. The predicted octanol–water partition coefficient (Wildman–Crippen LogP) is 1.82. The van der Waals surface area contributed by atoms with Crippen LogP contribution in [0.1, 0.15) is 10.5 Å². The summed E-state index contributed by atoms with van der Waals surface area (Å²) in [5.41, 5.74) is 1.75. The van der Waals surface area contributed by atoms with Crippen LogP contribution in [0.2, 0.25) is 0 Å². The quantitative estimate of drug-likeness (QED) is 0.688. The standard InChI is InChI=1S/C12H9N3O2/c1-15-10-6-14-9(12(16)17)5-8(10)7-3-2-4-13-11(7)15/h2-6H,1H3,(H,16,17). The van der Waals surface area contributed by atoms with Crippen molar-refractivity contribution in [1.82, 2.24) is 14.5 Å². The molecule has 0 aliphatic carbocycles. The van der Waals surface area contributed by atoms with Gasteiger partial charge in [0, 0.05) is 24.0 Å². The van der Waals surface area contributed by atoms with E-state index in [1.54, 1.807) is 18.5 Å². The summed E-state index contributed by atoms with van der Waals surface area (Å²) < 4.78 is 1.91. The van der Waals surface area contributed by atoms with Crippen molar-refractivity contribution in [3.05, 3.63) is 36.3 Å². The van der Waals surface area contributed by atoms with E-state index in [0.717, 1.165) is 21.9 Å². The molecule has 0 spiro atoms. The molecule has 0 aromatic carbocycles. The van der Waals surface area contributed by atoms with E-state index in [2.05, 4.69) is 9.97 Å². The van der Waals surface area contributed by atoms with E-state index >= 15 is 0 Å². The molecular formula is C12H9N3O2. The van der Waals surface area contributed by atoms with Crippen LogP contribution in [0.4, 0.5) is 0 Å². The van der Waals surface area contributed by atoms with Crippen LogP contribution in [0, 0.1) is 0 Å². The maximum atomic E-state index is 10.9. The van der Waals surface area contributed by atoms with E-state index in [4.69, 9.17) is 5.11 Å². The zero-order valence-electron chi connectivity index (χ0n) is 9.08. The van der Waals surface area contributed by atoms with Crippen molar-refractivity contribution < 1.29 is 9.90 Å². The molecule has 0 saturated heterocycles. The minimum Gasteiger partial charge on any atom is -0.477 e. The molecule has 3 heterocycles. The van der Waals surface area contributed by atoms with Gasteiger partial charge in [0.15, 0.2) is 0 Å². The molecule has 1 N–H and O–H groups in total. The van der Waals surface area contributed by atoms with Crippen molar-refractivity contribution in [2.24, 2.45) is 7.05 Å². The number of aryl methyl sites for hydroxylation is 1. The van der Waals surface area contributed by atoms with Crippen LogP contribution in [0.3, 0.4) is 0 Å². The van der Waals surface area contributed by atoms with Gasteiger partial charge < -0.3 is 9.67 Å². The highest BCUT2D eigenvalue weighted by Crippen LogP contribution is 2.26. The van der Waals surface area contributed by atoms with E-state index in [-0.39, 0.29) is 5.69 Å². The molecule has 17 heavy (non-hydrogen) atoms. The van der Waals surface area contributed by atoms with Crippen LogP contribution in [0.5, 0.6) is 0 Å². The Hall–Kier alpha value is -2.43. The highest BCUT2D eigenvalue weighted by atomic mass is 16.4. The number of nitrogens with zero attached hydrogens (tertiary/aromatic N) is 3. The molecule has 5 nitrogen and oxygen atoms in total. The van der Waals surface area contributed by atoms with Crippen LogP contribution in [-0.4, -0.2) is 25.6 Å². The van der Waals surface area contributed by atoms with Crippen molar-refractivity contribution in [1.29, 1.82) is 0 Å². The number of carboxylic acids is 1. The van der Waals surface area contributed by atoms with Crippen molar-refractivity contribution in [2.75, 3.05) is 0 Å². The molecule has 84 valence electrons. The molecular weight excluding hydrogens is 218 g/mol. The van der Waals surface area contributed by atoms with Gasteiger partial charge in [-0.15, -0.1) is 0 Å². The van der Waals surface area contributed by atoms with Crippen LogP contribution >= 0.6 is 0 Å². The number of carbonyl (C=O) groups is 1. The molecule has 0 radical (unpaired) electrons. The van der Waals surface area contributed by atoms with Gasteiger partial charge >= 0.3 is 5.97 Å². The van der Waals surface area contributed by atoms with Gasteiger partial charge in [-0.25, -0.2) is 14.8 Å². The molecule has 5 heteroatoms. The lowest BCUT2D eigenvalue weighted by atomic mass is 10.2. The summed E-state index contributed by atoms with van der Waals surface area (Å²) in [5.74, 6) is -1.02. The smallest absolute Gasteiger partial charge is 0.354 e. The Labute approximate surface area is 96.3 Å². The van der Waals surface area contributed by atoms with Gasteiger partial charge in [-0.05, 0) is 18.2 Å². The highest BCUT2D eigenvalue weighted by Gasteiger charge is 2.12. The average Bonchev–Trinajstić information content (AvgIpc) is 2.64. The first-order chi connectivity index (χ1) is 8.18. The van der Waals surface area contributed by atoms with Crippen molar-refractivity contribution in [3.8, 4) is 0 Å². The number of fused-ring (bicyclic) bond motifs is 3. The first kappa shape index (κ1) is 9.77. The Kier molecular flexibility index (Phi) is 1.89. The number of carboxylic acid groups (broad SMARTS) is 1. The zero-order valence-corrected chi connectivity index (χ0v) is 9.08. The van der Waals surface area contributed by atoms with Gasteiger partial charge in [0.05, 0.1) is 11.7 Å². The Morgan fingerprint density at radius 2 is 2.18 bits per heavy atom. The second-order valence-corrected chi connectivity index (χ2v) is 3.83. The third-order valence-electron chi connectivity index (χ3n) is 2.86. The van der Waals surface area contributed by atoms with Gasteiger partial charge in [-0.2, -0.15) is 0 Å². The molecule has 0 amide bonds. The van der Waals surface area contributed by atoms with Gasteiger partial charge in [-0.1, -0.05) is 0 Å². The zero-order chi connectivity index (χ0) is 12.0. The van der Waals surface area contributed by atoms with E-state index in [1.165, 1.54) is 0 Å². The van der Waals surface area contributed by atoms with Gasteiger partial charge in [0.2, 0.25) is 0 Å². The molecule has 0 aliphatic rings. The third-order valence-corrected chi connectivity index (χ3v) is 2.86. The second-order valence-electron chi connectivity index (χ2n) is 3.83. The monoisotopic (exact) mass is 227 g/mol. The van der Waals surface area contributed by atoms with E-state index in [9.17, 15) is 4.79 Å². The maximum Gasteiger partial charge on any atom is 0.354 e. The van der Waals surface area contributed by atoms with Gasteiger partial charge in [-0.3, -0.25) is 0 Å². The minimum absolute atomic E-state index is 0.0499. The number of rotatable bonds is 1. The number of hydrogen-bond acceptors (Lipinski definition) is 3. The Bertz CT molecular complexity index is 746. The van der Waals surface area contributed by atoms with Crippen molar-refractivity contribution in [2.45, 2.75) is 0 Å². The third kappa shape index (κ3) is 1.29. The molecule has 0 bridgehead atoms. The van der Waals surface area contributed by atoms with Crippen LogP contribution in [0.25, 0.3) is 21.9 Å². The molecule has 3 aromatic heterocycles. The summed E-state index contributed by atoms with van der Waals surface area (Å²) in [7, 11) is 1.89. The van der Waals surface area contributed by atoms with E-state index < -0.39 is 5.97 Å². The minimum atomic E-state index is -1.02. The number of aromatic nitrogens is 3. The lowest BCUT2D eigenvalue weighted by Crippen LogP contribution is -1.99. The van der Waals surface area contributed by atoms with E-state index in [0.29, 0.717) is 0 Å². The normalized spacial score (nSPS) is 11.1. The summed E-state index contributed by atoms with van der Waals surface area (Å²) in [6.07, 6.45) is 3.28. The number of aromatic carboxylic acids is 1. The van der Waals surface area contributed by atoms with E-state index in [1.807, 2.05) is 23.7 Å². The Morgan fingerprint density at radius 1 is 1.35 bits per heavy atom. The predicted molar refractivity (Wildman–Crippen MR) is 63.0 cm³/mol. The summed E-state index contributed by atoms with van der Waals surface area (Å²) in [6, 6.07) is 5.35. The molecule has 0 fully saturated rings. The van der Waals surface area contributed by atoms with Crippen LogP contribution in [0.15, 0.2) is 30.6 Å². The van der Waals surface area contributed by atoms with Crippen molar-refractivity contribution in [3.63, 3.8) is 0 Å². The SMILES string of the molecule is Cn1c2cnc(C(=O)O)cc2c2cccnc21. The highest BCUT2D eigenvalue weighted by molar-refractivity contribution is 6.07. The summed E-state index contributed by atoms with van der Waals surface area (Å²) in [5, 5.41) is 10.7. The topological polar surface area (TPSA) is 68.0 Å². The summed E-state index contributed by atoms with van der Waals surface area (Å²) >= 11 is 0. The Morgan fingerprint density at radius 3 is 2.94 bits per heavy atom. The summed E-state index contributed by atoms with van der Waals surface area (Å²) in [6.45, 7) is 0. The second kappa shape index (κ2) is 3.28. The fourth-order valence-corrected chi connectivity index (χ4v) is 2.04. The lowest BCUT2D eigenvalue weighted by molar-refractivity contribution is 0.0691. The fraction of sp³-hybridized carbons (Fsp3) is 0.0833. The number of hydrogen-bond donors (Lipinski definition) is 1. The number of pyridine rings is 2. The molecule has 0 aliphatic heterocycles. The average molecular weight is 227 g/mol. The first-order valence-corrected chi connectivity index (χ1v) is 5.11. The van der Waals surface area contributed by atoms with Gasteiger partial charge in [0.25, 0.3) is 0 Å². The summed E-state index contributed by atoms with van der Waals surface area (Å²) in [4.78, 5) is 19.1. The van der Waals surface area contributed by atoms with Crippen LogP contribution in [-0.2, 0) is 7.05 Å². The molecule has 3 aromatic rings. The lowest BCUT2D eigenvalue weighted by Gasteiger charge is -1.96. The molecule has 0 atom stereocenters. The Balaban J connectivity index is 2.50. The van der Waals surface area contributed by atoms with Crippen LogP contribution < -0.4 is 0 Å². The maximum absolute atomic E-state index is 10.9. The fourth-order valence-electron chi connectivity index (χ4n) is 2.04. The molecule has 3 rings (SSSR count). The van der Waals surface area contributed by atoms with Gasteiger partial charge in [0.1, 0.15) is 11.3 Å². The largest absolute Gasteiger partial charge is 0.477 e.